The Kier molecular flexibility index (Phi) is 4.34. The van der Waals surface area contributed by atoms with Crippen molar-refractivity contribution >= 4 is 10.0 Å². The lowest BCUT2D eigenvalue weighted by Gasteiger charge is -2.56. The van der Waals surface area contributed by atoms with Gasteiger partial charge in [-0.1, -0.05) is 13.8 Å². The number of piperidine rings is 1. The largest absolute Gasteiger partial charge is 0.377 e. The number of hydrogen-bond donors (Lipinski definition) is 1. The van der Waals surface area contributed by atoms with Crippen molar-refractivity contribution in [3.05, 3.63) is 0 Å². The van der Waals surface area contributed by atoms with Gasteiger partial charge in [-0.2, -0.15) is 0 Å². The van der Waals surface area contributed by atoms with Gasteiger partial charge in [0.15, 0.2) is 0 Å². The number of sulfonamides is 1. The van der Waals surface area contributed by atoms with Crippen LogP contribution in [0.3, 0.4) is 0 Å². The first-order valence-corrected chi connectivity index (χ1v) is 10.1. The van der Waals surface area contributed by atoms with Crippen LogP contribution >= 0.6 is 0 Å². The van der Waals surface area contributed by atoms with Gasteiger partial charge in [-0.3, -0.25) is 0 Å². The summed E-state index contributed by atoms with van der Waals surface area (Å²) in [4.78, 5) is 0. The van der Waals surface area contributed by atoms with Gasteiger partial charge in [-0.05, 0) is 33.1 Å². The second-order valence-corrected chi connectivity index (χ2v) is 10.5. The van der Waals surface area contributed by atoms with E-state index in [-0.39, 0.29) is 10.7 Å². The SMILES string of the molecule is CC(C)S(=O)(=O)N1CCC(NC2[C@@H]3CCO[C@@H]3C2(C)C)CC1. The van der Waals surface area contributed by atoms with Crippen molar-refractivity contribution in [2.45, 2.75) is 70.4 Å². The Morgan fingerprint density at radius 1 is 1.18 bits per heavy atom. The van der Waals surface area contributed by atoms with Gasteiger partial charge in [0.2, 0.25) is 10.0 Å². The van der Waals surface area contributed by atoms with Crippen LogP contribution in [-0.2, 0) is 14.8 Å². The molecule has 0 radical (unpaired) electrons. The third-order valence-corrected chi connectivity index (χ3v) is 8.20. The highest BCUT2D eigenvalue weighted by Gasteiger charge is 2.59. The van der Waals surface area contributed by atoms with Gasteiger partial charge in [-0.25, -0.2) is 12.7 Å². The molecule has 0 aromatic carbocycles. The molecule has 0 aromatic heterocycles. The van der Waals surface area contributed by atoms with Crippen LogP contribution in [0.2, 0.25) is 0 Å². The van der Waals surface area contributed by atoms with E-state index in [0.29, 0.717) is 37.2 Å². The van der Waals surface area contributed by atoms with Crippen LogP contribution in [0, 0.1) is 11.3 Å². The van der Waals surface area contributed by atoms with E-state index < -0.39 is 10.0 Å². The first-order valence-electron chi connectivity index (χ1n) is 8.61. The van der Waals surface area contributed by atoms with E-state index in [4.69, 9.17) is 4.74 Å². The maximum Gasteiger partial charge on any atom is 0.216 e. The summed E-state index contributed by atoms with van der Waals surface area (Å²) in [5, 5.41) is 3.50. The number of nitrogens with zero attached hydrogens (tertiary/aromatic N) is 1. The first kappa shape index (κ1) is 16.7. The maximum absolute atomic E-state index is 12.2. The van der Waals surface area contributed by atoms with Gasteiger partial charge in [-0.15, -0.1) is 0 Å². The highest BCUT2D eigenvalue weighted by molar-refractivity contribution is 7.89. The average Bonchev–Trinajstić information content (AvgIpc) is 2.92. The van der Waals surface area contributed by atoms with Crippen molar-refractivity contribution in [2.24, 2.45) is 11.3 Å². The zero-order valence-electron chi connectivity index (χ0n) is 14.2. The summed E-state index contributed by atoms with van der Waals surface area (Å²) >= 11 is 0. The predicted molar refractivity (Wildman–Crippen MR) is 87.2 cm³/mol. The normalized spacial score (nSPS) is 36.3. The molecule has 2 heterocycles. The number of fused-ring (bicyclic) bond motifs is 1. The van der Waals surface area contributed by atoms with Gasteiger partial charge in [0.25, 0.3) is 0 Å². The van der Waals surface area contributed by atoms with E-state index in [1.807, 2.05) is 0 Å². The Balaban J connectivity index is 1.55. The highest BCUT2D eigenvalue weighted by Crippen LogP contribution is 2.52. The van der Waals surface area contributed by atoms with Gasteiger partial charge in [0.05, 0.1) is 11.4 Å². The number of nitrogens with one attached hydrogen (secondary N) is 1. The number of hydrogen-bond acceptors (Lipinski definition) is 4. The zero-order valence-corrected chi connectivity index (χ0v) is 15.0. The molecule has 6 heteroatoms. The molecular weight excluding hydrogens is 300 g/mol. The zero-order chi connectivity index (χ0) is 16.1. The van der Waals surface area contributed by atoms with Crippen LogP contribution in [0.4, 0.5) is 0 Å². The van der Waals surface area contributed by atoms with Crippen LogP contribution in [0.15, 0.2) is 0 Å². The molecule has 1 N–H and O–H groups in total. The maximum atomic E-state index is 12.2. The summed E-state index contributed by atoms with van der Waals surface area (Å²) in [6.45, 7) is 10.3. The molecular formula is C16H30N2O3S. The second kappa shape index (κ2) is 5.72. The fourth-order valence-electron chi connectivity index (χ4n) is 4.49. The summed E-state index contributed by atoms with van der Waals surface area (Å²) in [6.07, 6.45) is 3.39. The summed E-state index contributed by atoms with van der Waals surface area (Å²) in [7, 11) is -3.09. The minimum absolute atomic E-state index is 0.197. The third-order valence-electron chi connectivity index (χ3n) is 5.93. The molecule has 3 atom stereocenters. The van der Waals surface area contributed by atoms with Crippen LogP contribution in [0.25, 0.3) is 0 Å². The van der Waals surface area contributed by atoms with Crippen LogP contribution in [0.1, 0.15) is 47.0 Å². The average molecular weight is 330 g/mol. The standard InChI is InChI=1S/C16H30N2O3S/c1-11(2)22(19,20)18-8-5-12(6-9-18)17-14-13-7-10-21-15(13)16(14,3)4/h11-15,17H,5-10H2,1-4H3/t13-,14?,15-/m0/s1. The Morgan fingerprint density at radius 3 is 2.41 bits per heavy atom. The molecule has 0 bridgehead atoms. The molecule has 2 aliphatic heterocycles. The molecule has 0 amide bonds. The van der Waals surface area contributed by atoms with E-state index >= 15 is 0 Å². The van der Waals surface area contributed by atoms with Crippen LogP contribution < -0.4 is 5.32 Å². The highest BCUT2D eigenvalue weighted by atomic mass is 32.2. The van der Waals surface area contributed by atoms with Gasteiger partial charge < -0.3 is 10.1 Å². The van der Waals surface area contributed by atoms with Gasteiger partial charge in [0, 0.05) is 43.1 Å². The Labute approximate surface area is 134 Å². The van der Waals surface area contributed by atoms with E-state index in [0.717, 1.165) is 25.9 Å². The quantitative estimate of drug-likeness (QED) is 0.850. The molecule has 1 saturated carbocycles. The summed E-state index contributed by atoms with van der Waals surface area (Å²) in [5.41, 5.74) is 0.197. The lowest BCUT2D eigenvalue weighted by molar-refractivity contribution is -0.116. The molecule has 3 fully saturated rings. The smallest absolute Gasteiger partial charge is 0.216 e. The molecule has 1 unspecified atom stereocenters. The molecule has 2 saturated heterocycles. The molecule has 22 heavy (non-hydrogen) atoms. The molecule has 3 rings (SSSR count). The number of ether oxygens (including phenoxy) is 1. The fourth-order valence-corrected chi connectivity index (χ4v) is 5.81. The molecule has 128 valence electrons. The van der Waals surface area contributed by atoms with E-state index in [1.54, 1.807) is 18.2 Å². The first-order chi connectivity index (χ1) is 10.2. The Bertz CT molecular complexity index is 509. The number of rotatable bonds is 4. The van der Waals surface area contributed by atoms with Crippen molar-refractivity contribution in [3.63, 3.8) is 0 Å². The lowest BCUT2D eigenvalue weighted by Crippen LogP contribution is -2.68. The van der Waals surface area contributed by atoms with Crippen LogP contribution in [0.5, 0.6) is 0 Å². The summed E-state index contributed by atoms with van der Waals surface area (Å²) in [6, 6.07) is 0.947. The minimum Gasteiger partial charge on any atom is -0.377 e. The minimum atomic E-state index is -3.09. The molecule has 5 nitrogen and oxygen atoms in total. The molecule has 0 spiro atoms. The molecule has 3 aliphatic rings. The van der Waals surface area contributed by atoms with Crippen molar-refractivity contribution in [1.29, 1.82) is 0 Å². The third kappa shape index (κ3) is 2.62. The summed E-state index contributed by atoms with van der Waals surface area (Å²) < 4.78 is 32.0. The predicted octanol–water partition coefficient (Wildman–Crippen LogP) is 1.59. The topological polar surface area (TPSA) is 58.6 Å². The van der Waals surface area contributed by atoms with E-state index in [1.165, 1.54) is 0 Å². The van der Waals surface area contributed by atoms with Gasteiger partial charge >= 0.3 is 0 Å². The second-order valence-electron chi connectivity index (χ2n) is 7.98. The molecule has 1 aliphatic carbocycles. The van der Waals surface area contributed by atoms with Gasteiger partial charge in [0.1, 0.15) is 0 Å². The summed E-state index contributed by atoms with van der Waals surface area (Å²) in [5.74, 6) is 0.646. The van der Waals surface area contributed by atoms with E-state index in [9.17, 15) is 8.42 Å². The monoisotopic (exact) mass is 330 g/mol. The van der Waals surface area contributed by atoms with Crippen molar-refractivity contribution in [1.82, 2.24) is 9.62 Å². The fraction of sp³-hybridized carbons (Fsp3) is 1.00. The lowest BCUT2D eigenvalue weighted by atomic mass is 9.57. The van der Waals surface area contributed by atoms with E-state index in [2.05, 4.69) is 19.2 Å². The van der Waals surface area contributed by atoms with Crippen molar-refractivity contribution in [3.8, 4) is 0 Å². The van der Waals surface area contributed by atoms with Crippen molar-refractivity contribution in [2.75, 3.05) is 19.7 Å². The Morgan fingerprint density at radius 2 is 1.82 bits per heavy atom. The molecule has 0 aromatic rings. The Hall–Kier alpha value is -0.170. The van der Waals surface area contributed by atoms with Crippen molar-refractivity contribution < 1.29 is 13.2 Å². The van der Waals surface area contributed by atoms with Crippen LogP contribution in [-0.4, -0.2) is 55.9 Å².